The number of rotatable bonds is 4. The molecule has 2 amide bonds. The second-order valence-corrected chi connectivity index (χ2v) is 2.74. The topological polar surface area (TPSA) is 127 Å². The quantitative estimate of drug-likeness (QED) is 0.471. The molecule has 1 rings (SSSR count). The first-order chi connectivity index (χ1) is 6.59. The van der Waals surface area contributed by atoms with Crippen molar-refractivity contribution in [2.45, 2.75) is 12.5 Å². The van der Waals surface area contributed by atoms with Gasteiger partial charge in [-0.05, 0) is 0 Å². The number of nitrogens with one attached hydrogen (secondary N) is 2. The maximum absolute atomic E-state index is 11.3. The number of amides is 2. The van der Waals surface area contributed by atoms with Crippen LogP contribution in [0.4, 0.5) is 5.82 Å². The van der Waals surface area contributed by atoms with Gasteiger partial charge in [0.25, 0.3) is 0 Å². The molecule has 14 heavy (non-hydrogen) atoms. The zero-order valence-electron chi connectivity index (χ0n) is 7.36. The second-order valence-electron chi connectivity index (χ2n) is 2.74. The number of nitrogens with zero attached hydrogens (tertiary/aromatic N) is 1. The normalized spacial score (nSPS) is 12.1. The Labute approximate surface area is 79.8 Å². The van der Waals surface area contributed by atoms with Crippen LogP contribution in [0, 0.1) is 0 Å². The van der Waals surface area contributed by atoms with Gasteiger partial charge in [0.1, 0.15) is 5.82 Å². The number of nitrogens with two attached hydrogens (primary N) is 2. The summed E-state index contributed by atoms with van der Waals surface area (Å²) in [6.07, 6.45) is 1.30. The van der Waals surface area contributed by atoms with Gasteiger partial charge in [0.15, 0.2) is 0 Å². The first kappa shape index (κ1) is 10.2. The SMILES string of the molecule is NC(=O)C[C@H](N)C(=O)Nc1ccn[nH]1. The minimum absolute atomic E-state index is 0.181. The minimum Gasteiger partial charge on any atom is -0.370 e. The van der Waals surface area contributed by atoms with Crippen molar-refractivity contribution in [3.05, 3.63) is 12.3 Å². The summed E-state index contributed by atoms with van der Waals surface area (Å²) in [6, 6.07) is 0.630. The smallest absolute Gasteiger partial charge is 0.242 e. The predicted octanol–water partition coefficient (Wildman–Crippen LogP) is -1.45. The minimum atomic E-state index is -0.934. The number of hydrogen-bond donors (Lipinski definition) is 4. The number of primary amides is 1. The average molecular weight is 197 g/mol. The van der Waals surface area contributed by atoms with Crippen LogP contribution in [0.25, 0.3) is 0 Å². The van der Waals surface area contributed by atoms with E-state index in [-0.39, 0.29) is 6.42 Å². The van der Waals surface area contributed by atoms with Crippen LogP contribution < -0.4 is 16.8 Å². The van der Waals surface area contributed by atoms with Gasteiger partial charge in [0, 0.05) is 6.07 Å². The Morgan fingerprint density at radius 2 is 2.36 bits per heavy atom. The molecule has 0 unspecified atom stereocenters. The summed E-state index contributed by atoms with van der Waals surface area (Å²) in [6.45, 7) is 0. The van der Waals surface area contributed by atoms with E-state index in [2.05, 4.69) is 15.5 Å². The molecule has 0 bridgehead atoms. The van der Waals surface area contributed by atoms with E-state index in [4.69, 9.17) is 11.5 Å². The zero-order chi connectivity index (χ0) is 10.6. The number of H-pyrrole nitrogens is 1. The molecule has 0 saturated heterocycles. The fourth-order valence-corrected chi connectivity index (χ4v) is 0.860. The number of anilines is 1. The van der Waals surface area contributed by atoms with Gasteiger partial charge in [0.2, 0.25) is 11.8 Å². The summed E-state index contributed by atoms with van der Waals surface area (Å²) >= 11 is 0. The van der Waals surface area contributed by atoms with Crippen molar-refractivity contribution in [3.8, 4) is 0 Å². The van der Waals surface area contributed by atoms with E-state index >= 15 is 0 Å². The fraction of sp³-hybridized carbons (Fsp3) is 0.286. The van der Waals surface area contributed by atoms with Crippen LogP contribution in [-0.4, -0.2) is 28.1 Å². The highest BCUT2D eigenvalue weighted by molar-refractivity contribution is 5.96. The molecule has 0 aliphatic heterocycles. The van der Waals surface area contributed by atoms with Crippen LogP contribution in [0.2, 0.25) is 0 Å². The van der Waals surface area contributed by atoms with Crippen molar-refractivity contribution >= 4 is 17.6 Å². The molecule has 0 saturated carbocycles. The van der Waals surface area contributed by atoms with E-state index < -0.39 is 17.9 Å². The largest absolute Gasteiger partial charge is 0.370 e. The first-order valence-corrected chi connectivity index (χ1v) is 3.93. The molecule has 0 fully saturated rings. The summed E-state index contributed by atoms with van der Waals surface area (Å²) in [4.78, 5) is 21.7. The van der Waals surface area contributed by atoms with Crippen molar-refractivity contribution in [1.29, 1.82) is 0 Å². The Morgan fingerprint density at radius 1 is 1.64 bits per heavy atom. The van der Waals surface area contributed by atoms with Crippen LogP contribution >= 0.6 is 0 Å². The maximum Gasteiger partial charge on any atom is 0.242 e. The van der Waals surface area contributed by atoms with E-state index in [0.29, 0.717) is 5.82 Å². The number of carbonyl (C=O) groups is 2. The lowest BCUT2D eigenvalue weighted by Crippen LogP contribution is -2.39. The van der Waals surface area contributed by atoms with Gasteiger partial charge in [-0.25, -0.2) is 0 Å². The van der Waals surface area contributed by atoms with Gasteiger partial charge in [-0.2, -0.15) is 5.10 Å². The lowest BCUT2D eigenvalue weighted by molar-refractivity contribution is -0.123. The first-order valence-electron chi connectivity index (χ1n) is 3.93. The van der Waals surface area contributed by atoms with Crippen LogP contribution in [-0.2, 0) is 9.59 Å². The number of hydrogen-bond acceptors (Lipinski definition) is 4. The van der Waals surface area contributed by atoms with E-state index in [1.165, 1.54) is 6.20 Å². The Bertz CT molecular complexity index is 321. The Kier molecular flexibility index (Phi) is 3.19. The highest BCUT2D eigenvalue weighted by Crippen LogP contribution is 1.99. The lowest BCUT2D eigenvalue weighted by Gasteiger charge is -2.08. The second kappa shape index (κ2) is 4.38. The fourth-order valence-electron chi connectivity index (χ4n) is 0.860. The predicted molar refractivity (Wildman–Crippen MR) is 49.0 cm³/mol. The van der Waals surface area contributed by atoms with Crippen LogP contribution in [0.15, 0.2) is 12.3 Å². The average Bonchev–Trinajstić information content (AvgIpc) is 2.55. The highest BCUT2D eigenvalue weighted by atomic mass is 16.2. The van der Waals surface area contributed by atoms with Crippen molar-refractivity contribution in [2.24, 2.45) is 11.5 Å². The molecule has 0 aromatic carbocycles. The van der Waals surface area contributed by atoms with Crippen molar-refractivity contribution in [3.63, 3.8) is 0 Å². The number of carbonyl (C=O) groups excluding carboxylic acids is 2. The van der Waals surface area contributed by atoms with Gasteiger partial charge >= 0.3 is 0 Å². The van der Waals surface area contributed by atoms with Crippen LogP contribution in [0.3, 0.4) is 0 Å². The number of aromatic amines is 1. The lowest BCUT2D eigenvalue weighted by atomic mass is 10.2. The number of aromatic nitrogens is 2. The molecular weight excluding hydrogens is 186 g/mol. The van der Waals surface area contributed by atoms with Gasteiger partial charge < -0.3 is 16.8 Å². The molecule has 76 valence electrons. The van der Waals surface area contributed by atoms with Gasteiger partial charge in [-0.3, -0.25) is 14.7 Å². The molecule has 1 aromatic heterocycles. The monoisotopic (exact) mass is 197 g/mol. The van der Waals surface area contributed by atoms with Gasteiger partial charge in [-0.15, -0.1) is 0 Å². The third-order valence-corrected chi connectivity index (χ3v) is 1.52. The van der Waals surface area contributed by atoms with Gasteiger partial charge in [0.05, 0.1) is 18.7 Å². The molecule has 7 heteroatoms. The van der Waals surface area contributed by atoms with E-state index in [9.17, 15) is 9.59 Å². The molecule has 0 aliphatic rings. The molecule has 0 radical (unpaired) electrons. The van der Waals surface area contributed by atoms with E-state index in [1.54, 1.807) is 6.07 Å². The van der Waals surface area contributed by atoms with E-state index in [1.807, 2.05) is 0 Å². The molecule has 1 atom stereocenters. The highest BCUT2D eigenvalue weighted by Gasteiger charge is 2.16. The van der Waals surface area contributed by atoms with Crippen molar-refractivity contribution < 1.29 is 9.59 Å². The van der Waals surface area contributed by atoms with Crippen LogP contribution in [0.5, 0.6) is 0 Å². The molecule has 6 N–H and O–H groups in total. The third-order valence-electron chi connectivity index (χ3n) is 1.52. The molecular formula is C7H11N5O2. The standard InChI is InChI=1S/C7H11N5O2/c8-4(3-5(9)13)7(14)11-6-1-2-10-12-6/h1-2,4H,3,8H2,(H2,9,13)(H2,10,11,12,14)/t4-/m0/s1. The third kappa shape index (κ3) is 2.87. The molecule has 0 spiro atoms. The maximum atomic E-state index is 11.3. The summed E-state index contributed by atoms with van der Waals surface area (Å²) < 4.78 is 0. The van der Waals surface area contributed by atoms with Gasteiger partial charge in [-0.1, -0.05) is 0 Å². The summed E-state index contributed by atoms with van der Waals surface area (Å²) in [7, 11) is 0. The summed E-state index contributed by atoms with van der Waals surface area (Å²) in [5, 5.41) is 8.58. The molecule has 1 heterocycles. The van der Waals surface area contributed by atoms with E-state index in [0.717, 1.165) is 0 Å². The summed E-state index contributed by atoms with van der Waals surface area (Å²) in [5.74, 6) is -0.666. The molecule has 1 aromatic rings. The zero-order valence-corrected chi connectivity index (χ0v) is 7.36. The van der Waals surface area contributed by atoms with Crippen molar-refractivity contribution in [1.82, 2.24) is 10.2 Å². The molecule has 0 aliphatic carbocycles. The van der Waals surface area contributed by atoms with Crippen molar-refractivity contribution in [2.75, 3.05) is 5.32 Å². The van der Waals surface area contributed by atoms with Crippen LogP contribution in [0.1, 0.15) is 6.42 Å². The summed E-state index contributed by atoms with van der Waals surface area (Å²) in [5.41, 5.74) is 10.3. The molecule has 7 nitrogen and oxygen atoms in total. The Hall–Kier alpha value is -1.89. The Morgan fingerprint density at radius 3 is 2.86 bits per heavy atom. The Balaban J connectivity index is 2.46.